The molecule has 3 aromatic rings. The fraction of sp³-hybridized carbons (Fsp3) is 0.421. The van der Waals surface area contributed by atoms with Crippen molar-refractivity contribution < 1.29 is 5.11 Å². The average Bonchev–Trinajstić information content (AvgIpc) is 3.12. The van der Waals surface area contributed by atoms with Gasteiger partial charge >= 0.3 is 0 Å². The topological polar surface area (TPSA) is 81.8 Å². The molecule has 4 rings (SSSR count). The molecular formula is C19H24BrN7O. The van der Waals surface area contributed by atoms with Gasteiger partial charge in [0.2, 0.25) is 0 Å². The molecule has 0 unspecified atom stereocenters. The van der Waals surface area contributed by atoms with Crippen LogP contribution in [0.25, 0.3) is 5.65 Å². The molecule has 0 saturated carbocycles. The first kappa shape index (κ1) is 19.1. The van der Waals surface area contributed by atoms with Crippen LogP contribution in [0.15, 0.2) is 41.3 Å². The molecule has 0 aliphatic carbocycles. The summed E-state index contributed by atoms with van der Waals surface area (Å²) in [4.78, 5) is 13.7. The van der Waals surface area contributed by atoms with Gasteiger partial charge in [0, 0.05) is 64.3 Å². The average molecular weight is 446 g/mol. The van der Waals surface area contributed by atoms with E-state index in [-0.39, 0.29) is 6.61 Å². The van der Waals surface area contributed by atoms with E-state index in [0.717, 1.165) is 66.5 Å². The number of fused-ring (bicyclic) bond motifs is 1. The largest absolute Gasteiger partial charge is 0.396 e. The van der Waals surface area contributed by atoms with Crippen LogP contribution in [0.3, 0.4) is 0 Å². The molecule has 0 amide bonds. The minimum Gasteiger partial charge on any atom is -0.396 e. The summed E-state index contributed by atoms with van der Waals surface area (Å²) in [6.07, 6.45) is 6.23. The summed E-state index contributed by atoms with van der Waals surface area (Å²) in [7, 11) is 0. The van der Waals surface area contributed by atoms with Crippen LogP contribution >= 0.6 is 15.9 Å². The van der Waals surface area contributed by atoms with E-state index in [1.807, 2.05) is 22.8 Å². The molecule has 9 heteroatoms. The highest BCUT2D eigenvalue weighted by Gasteiger charge is 2.20. The Morgan fingerprint density at radius 1 is 1.18 bits per heavy atom. The maximum Gasteiger partial charge on any atom is 0.173 e. The highest BCUT2D eigenvalue weighted by molar-refractivity contribution is 9.10. The van der Waals surface area contributed by atoms with Crippen molar-refractivity contribution in [2.24, 2.45) is 0 Å². The molecular weight excluding hydrogens is 422 g/mol. The van der Waals surface area contributed by atoms with Crippen molar-refractivity contribution in [1.29, 1.82) is 0 Å². The first-order chi connectivity index (χ1) is 13.7. The Morgan fingerprint density at radius 2 is 2.04 bits per heavy atom. The van der Waals surface area contributed by atoms with Gasteiger partial charge in [0.15, 0.2) is 5.65 Å². The molecule has 1 aliphatic heterocycles. The third-order valence-electron chi connectivity index (χ3n) is 4.94. The van der Waals surface area contributed by atoms with Crippen molar-refractivity contribution in [3.8, 4) is 0 Å². The van der Waals surface area contributed by atoms with Crippen molar-refractivity contribution in [3.63, 3.8) is 0 Å². The quantitative estimate of drug-likeness (QED) is 0.575. The predicted octanol–water partition coefficient (Wildman–Crippen LogP) is 2.00. The van der Waals surface area contributed by atoms with E-state index in [1.54, 1.807) is 12.4 Å². The van der Waals surface area contributed by atoms with Crippen LogP contribution in [-0.2, 0) is 6.54 Å². The lowest BCUT2D eigenvalue weighted by Gasteiger charge is -2.35. The van der Waals surface area contributed by atoms with E-state index in [9.17, 15) is 0 Å². The second-order valence-corrected chi connectivity index (χ2v) is 7.70. The first-order valence-electron chi connectivity index (χ1n) is 9.50. The smallest absolute Gasteiger partial charge is 0.173 e. The molecule has 2 N–H and O–H groups in total. The third kappa shape index (κ3) is 4.26. The maximum absolute atomic E-state index is 9.03. The molecule has 3 aromatic heterocycles. The normalized spacial score (nSPS) is 15.3. The lowest BCUT2D eigenvalue weighted by Crippen LogP contribution is -2.47. The number of nitrogens with zero attached hydrogens (tertiary/aromatic N) is 6. The SMILES string of the molecule is OCCCN1CCN(c2cc(NCc3cccnc3)n3ncc(Br)c3n2)CC1. The summed E-state index contributed by atoms with van der Waals surface area (Å²) in [6, 6.07) is 6.04. The van der Waals surface area contributed by atoms with E-state index in [1.165, 1.54) is 0 Å². The van der Waals surface area contributed by atoms with Crippen LogP contribution in [0.5, 0.6) is 0 Å². The van der Waals surface area contributed by atoms with E-state index < -0.39 is 0 Å². The van der Waals surface area contributed by atoms with Crippen LogP contribution in [0.1, 0.15) is 12.0 Å². The minimum absolute atomic E-state index is 0.250. The van der Waals surface area contributed by atoms with Crippen LogP contribution < -0.4 is 10.2 Å². The van der Waals surface area contributed by atoms with Gasteiger partial charge in [-0.15, -0.1) is 0 Å². The Bertz CT molecular complexity index is 909. The number of hydrogen-bond donors (Lipinski definition) is 2. The number of rotatable bonds is 7. The van der Waals surface area contributed by atoms with Crippen LogP contribution in [-0.4, -0.2) is 68.9 Å². The van der Waals surface area contributed by atoms with Gasteiger partial charge in [-0.1, -0.05) is 6.07 Å². The number of aliphatic hydroxyl groups excluding tert-OH is 1. The van der Waals surface area contributed by atoms with E-state index >= 15 is 0 Å². The fourth-order valence-electron chi connectivity index (χ4n) is 3.40. The Labute approximate surface area is 172 Å². The van der Waals surface area contributed by atoms with Crippen molar-refractivity contribution in [3.05, 3.63) is 46.8 Å². The minimum atomic E-state index is 0.250. The maximum atomic E-state index is 9.03. The molecule has 0 radical (unpaired) electrons. The Hall–Kier alpha value is -2.23. The Balaban J connectivity index is 1.53. The Morgan fingerprint density at radius 3 is 2.79 bits per heavy atom. The first-order valence-corrected chi connectivity index (χ1v) is 10.3. The molecule has 0 atom stereocenters. The number of anilines is 2. The standard InChI is InChI=1S/C19H24BrN7O/c20-16-14-23-27-17(22-13-15-3-1-4-21-12-15)11-18(24-19(16)27)26-8-6-25(7-9-26)5-2-10-28/h1,3-4,11-12,14,22,28H,2,5-10,13H2. The highest BCUT2D eigenvalue weighted by atomic mass is 79.9. The van der Waals surface area contributed by atoms with E-state index in [2.05, 4.69) is 47.2 Å². The summed E-state index contributed by atoms with van der Waals surface area (Å²) in [6.45, 7) is 5.66. The second-order valence-electron chi connectivity index (χ2n) is 6.85. The van der Waals surface area contributed by atoms with Crippen molar-refractivity contribution in [2.45, 2.75) is 13.0 Å². The summed E-state index contributed by atoms with van der Waals surface area (Å²) in [5.74, 6) is 1.85. The van der Waals surface area contributed by atoms with Crippen LogP contribution in [0, 0.1) is 0 Å². The number of aromatic nitrogens is 4. The zero-order valence-corrected chi connectivity index (χ0v) is 17.2. The number of pyridine rings is 1. The number of halogens is 1. The zero-order chi connectivity index (χ0) is 19.3. The fourth-order valence-corrected chi connectivity index (χ4v) is 3.75. The van der Waals surface area contributed by atoms with Crippen molar-refractivity contribution >= 4 is 33.2 Å². The van der Waals surface area contributed by atoms with Gasteiger partial charge in [0.1, 0.15) is 11.6 Å². The zero-order valence-electron chi connectivity index (χ0n) is 15.6. The molecule has 4 heterocycles. The number of aliphatic hydroxyl groups is 1. The van der Waals surface area contributed by atoms with Crippen LogP contribution in [0.2, 0.25) is 0 Å². The van der Waals surface area contributed by atoms with Crippen molar-refractivity contribution in [1.82, 2.24) is 24.5 Å². The second kappa shape index (κ2) is 8.85. The van der Waals surface area contributed by atoms with E-state index in [4.69, 9.17) is 10.1 Å². The molecule has 8 nitrogen and oxygen atoms in total. The number of nitrogens with one attached hydrogen (secondary N) is 1. The molecule has 148 valence electrons. The van der Waals surface area contributed by atoms with Gasteiger partial charge in [0.05, 0.1) is 10.7 Å². The summed E-state index contributed by atoms with van der Waals surface area (Å²) in [5, 5.41) is 16.9. The molecule has 1 aliphatic rings. The summed E-state index contributed by atoms with van der Waals surface area (Å²) < 4.78 is 2.70. The van der Waals surface area contributed by atoms with E-state index in [0.29, 0.717) is 6.54 Å². The lowest BCUT2D eigenvalue weighted by molar-refractivity contribution is 0.215. The highest BCUT2D eigenvalue weighted by Crippen LogP contribution is 2.25. The van der Waals surface area contributed by atoms with Gasteiger partial charge in [0.25, 0.3) is 0 Å². The summed E-state index contributed by atoms with van der Waals surface area (Å²) >= 11 is 3.56. The molecule has 0 bridgehead atoms. The van der Waals surface area contributed by atoms with Gasteiger partial charge in [-0.25, -0.2) is 4.98 Å². The molecule has 28 heavy (non-hydrogen) atoms. The number of hydrogen-bond acceptors (Lipinski definition) is 7. The molecule has 1 fully saturated rings. The third-order valence-corrected chi connectivity index (χ3v) is 5.50. The molecule has 0 spiro atoms. The molecule has 0 aromatic carbocycles. The molecule has 1 saturated heterocycles. The Kier molecular flexibility index (Phi) is 6.04. The number of piperazine rings is 1. The summed E-state index contributed by atoms with van der Waals surface area (Å²) in [5.41, 5.74) is 1.91. The van der Waals surface area contributed by atoms with Gasteiger partial charge in [-0.05, 0) is 34.0 Å². The van der Waals surface area contributed by atoms with Gasteiger partial charge in [-0.2, -0.15) is 9.61 Å². The lowest BCUT2D eigenvalue weighted by atomic mass is 10.2. The van der Waals surface area contributed by atoms with Crippen LogP contribution in [0.4, 0.5) is 11.6 Å². The van der Waals surface area contributed by atoms with Gasteiger partial charge in [-0.3, -0.25) is 9.88 Å². The monoisotopic (exact) mass is 445 g/mol. The van der Waals surface area contributed by atoms with Crippen molar-refractivity contribution in [2.75, 3.05) is 49.5 Å². The van der Waals surface area contributed by atoms with Gasteiger partial charge < -0.3 is 15.3 Å². The predicted molar refractivity (Wildman–Crippen MR) is 113 cm³/mol.